The van der Waals surface area contributed by atoms with Gasteiger partial charge >= 0.3 is 0 Å². The summed E-state index contributed by atoms with van der Waals surface area (Å²) >= 11 is 0. The highest BCUT2D eigenvalue weighted by Crippen LogP contribution is 2.19. The number of nitrogens with one attached hydrogen (secondary N) is 2. The largest absolute Gasteiger partial charge is 0.497 e. The molecule has 0 aromatic heterocycles. The number of nitrogens with zero attached hydrogens (tertiary/aromatic N) is 2. The van der Waals surface area contributed by atoms with E-state index in [-0.39, 0.29) is 0 Å². The Hall–Kier alpha value is -1.83. The van der Waals surface area contributed by atoms with Gasteiger partial charge in [0, 0.05) is 39.9 Å². The molecule has 174 valence electrons. The molecule has 0 spiro atoms. The topological polar surface area (TPSA) is 67.4 Å². The number of ether oxygens (including phenoxy) is 3. The molecule has 31 heavy (non-hydrogen) atoms. The highest BCUT2D eigenvalue weighted by molar-refractivity contribution is 5.79. The van der Waals surface area contributed by atoms with Crippen LogP contribution in [0, 0.1) is 5.92 Å². The number of aliphatic imine (C=N–C) groups is 1. The second-order valence-corrected chi connectivity index (χ2v) is 8.51. The first kappa shape index (κ1) is 23.8. The first-order chi connectivity index (χ1) is 15.3. The van der Waals surface area contributed by atoms with Gasteiger partial charge in [0.15, 0.2) is 5.96 Å². The van der Waals surface area contributed by atoms with Crippen LogP contribution in [0.2, 0.25) is 0 Å². The molecule has 1 unspecified atom stereocenters. The van der Waals surface area contributed by atoms with E-state index >= 15 is 0 Å². The molecule has 2 aliphatic heterocycles. The molecule has 0 amide bonds. The molecular weight excluding hydrogens is 392 g/mol. The van der Waals surface area contributed by atoms with Crippen LogP contribution in [0.3, 0.4) is 0 Å². The smallest absolute Gasteiger partial charge is 0.190 e. The zero-order valence-electron chi connectivity index (χ0n) is 19.3. The normalized spacial score (nSPS) is 20.7. The third-order valence-electron chi connectivity index (χ3n) is 6.14. The van der Waals surface area contributed by atoms with Crippen LogP contribution in [0.15, 0.2) is 29.3 Å². The number of rotatable bonds is 11. The molecule has 0 bridgehead atoms. The number of piperidine rings is 1. The molecule has 2 heterocycles. The van der Waals surface area contributed by atoms with E-state index in [9.17, 15) is 0 Å². The standard InChI is InChI=1S/C24H40N4O3/c1-25-24(26-12-4-15-30-19-23-5-3-16-31-23)27-17-20-10-13-28(14-11-20)18-21-6-8-22(29-2)9-7-21/h6-9,20,23H,3-5,10-19H2,1-2H3,(H2,25,26,27). The van der Waals surface area contributed by atoms with Crippen molar-refractivity contribution in [2.24, 2.45) is 10.9 Å². The monoisotopic (exact) mass is 432 g/mol. The number of hydrogen-bond acceptors (Lipinski definition) is 5. The zero-order valence-corrected chi connectivity index (χ0v) is 19.3. The third-order valence-corrected chi connectivity index (χ3v) is 6.14. The van der Waals surface area contributed by atoms with Crippen LogP contribution in [0.4, 0.5) is 0 Å². The van der Waals surface area contributed by atoms with Gasteiger partial charge in [-0.05, 0) is 68.8 Å². The highest BCUT2D eigenvalue weighted by Gasteiger charge is 2.19. The van der Waals surface area contributed by atoms with Crippen molar-refractivity contribution in [1.29, 1.82) is 0 Å². The average molecular weight is 433 g/mol. The van der Waals surface area contributed by atoms with Gasteiger partial charge in [0.2, 0.25) is 0 Å². The van der Waals surface area contributed by atoms with Crippen LogP contribution < -0.4 is 15.4 Å². The molecule has 1 aromatic carbocycles. The lowest BCUT2D eigenvalue weighted by molar-refractivity contribution is 0.0168. The Bertz CT molecular complexity index is 639. The molecule has 2 N–H and O–H groups in total. The van der Waals surface area contributed by atoms with E-state index in [1.54, 1.807) is 7.11 Å². The number of benzene rings is 1. The molecule has 2 aliphatic rings. The van der Waals surface area contributed by atoms with Crippen LogP contribution in [-0.2, 0) is 16.0 Å². The van der Waals surface area contributed by atoms with E-state index in [2.05, 4.69) is 32.7 Å². The van der Waals surface area contributed by atoms with Crippen LogP contribution >= 0.6 is 0 Å². The molecule has 0 saturated carbocycles. The number of methoxy groups -OCH3 is 1. The lowest BCUT2D eigenvalue weighted by Gasteiger charge is -2.32. The minimum atomic E-state index is 0.310. The summed E-state index contributed by atoms with van der Waals surface area (Å²) in [6, 6.07) is 8.41. The lowest BCUT2D eigenvalue weighted by atomic mass is 9.96. The quantitative estimate of drug-likeness (QED) is 0.318. The molecule has 7 nitrogen and oxygen atoms in total. The fourth-order valence-electron chi connectivity index (χ4n) is 4.17. The van der Waals surface area contributed by atoms with Crippen molar-refractivity contribution >= 4 is 5.96 Å². The summed E-state index contributed by atoms with van der Waals surface area (Å²) in [5.74, 6) is 2.50. The maximum Gasteiger partial charge on any atom is 0.190 e. The molecular formula is C24H40N4O3. The van der Waals surface area contributed by atoms with E-state index in [1.807, 2.05) is 19.2 Å². The fraction of sp³-hybridized carbons (Fsp3) is 0.708. The van der Waals surface area contributed by atoms with Crippen molar-refractivity contribution in [1.82, 2.24) is 15.5 Å². The van der Waals surface area contributed by atoms with Gasteiger partial charge in [-0.15, -0.1) is 0 Å². The molecule has 3 rings (SSSR count). The molecule has 0 radical (unpaired) electrons. The van der Waals surface area contributed by atoms with E-state index in [0.717, 1.165) is 77.1 Å². The maximum absolute atomic E-state index is 5.72. The summed E-state index contributed by atoms with van der Waals surface area (Å²) < 4.78 is 16.5. The molecule has 2 saturated heterocycles. The van der Waals surface area contributed by atoms with Gasteiger partial charge in [-0.3, -0.25) is 9.89 Å². The predicted octanol–water partition coefficient (Wildman–Crippen LogP) is 2.66. The van der Waals surface area contributed by atoms with Gasteiger partial charge in [0.05, 0.1) is 19.8 Å². The predicted molar refractivity (Wildman–Crippen MR) is 125 cm³/mol. The van der Waals surface area contributed by atoms with Crippen molar-refractivity contribution in [3.05, 3.63) is 29.8 Å². The van der Waals surface area contributed by atoms with E-state index < -0.39 is 0 Å². The Kier molecular flexibility index (Phi) is 10.4. The Morgan fingerprint density at radius 1 is 1.16 bits per heavy atom. The molecule has 0 aliphatic carbocycles. The summed E-state index contributed by atoms with van der Waals surface area (Å²) in [4.78, 5) is 6.89. The molecule has 7 heteroatoms. The Labute approximate surface area is 187 Å². The first-order valence-corrected chi connectivity index (χ1v) is 11.8. The summed E-state index contributed by atoms with van der Waals surface area (Å²) in [7, 11) is 3.54. The van der Waals surface area contributed by atoms with Gasteiger partial charge in [0.25, 0.3) is 0 Å². The minimum absolute atomic E-state index is 0.310. The van der Waals surface area contributed by atoms with Crippen LogP contribution in [-0.4, -0.2) is 77.1 Å². The Morgan fingerprint density at radius 2 is 1.97 bits per heavy atom. The van der Waals surface area contributed by atoms with Gasteiger partial charge in [-0.2, -0.15) is 0 Å². The summed E-state index contributed by atoms with van der Waals surface area (Å²) in [6.07, 6.45) is 6.02. The van der Waals surface area contributed by atoms with Crippen molar-refractivity contribution in [2.45, 2.75) is 44.8 Å². The number of likely N-dealkylation sites (tertiary alicyclic amines) is 1. The van der Waals surface area contributed by atoms with Gasteiger partial charge < -0.3 is 24.8 Å². The minimum Gasteiger partial charge on any atom is -0.497 e. The molecule has 2 fully saturated rings. The highest BCUT2D eigenvalue weighted by atomic mass is 16.5. The molecule has 1 aromatic rings. The van der Waals surface area contributed by atoms with Crippen molar-refractivity contribution in [3.63, 3.8) is 0 Å². The van der Waals surface area contributed by atoms with Crippen molar-refractivity contribution in [3.8, 4) is 5.75 Å². The van der Waals surface area contributed by atoms with Crippen molar-refractivity contribution in [2.75, 3.05) is 60.2 Å². The lowest BCUT2D eigenvalue weighted by Crippen LogP contribution is -2.43. The fourth-order valence-corrected chi connectivity index (χ4v) is 4.17. The average Bonchev–Trinajstić information content (AvgIpc) is 3.33. The van der Waals surface area contributed by atoms with E-state index in [0.29, 0.717) is 12.0 Å². The maximum atomic E-state index is 5.72. The number of guanidine groups is 1. The summed E-state index contributed by atoms with van der Waals surface area (Å²) in [5.41, 5.74) is 1.35. The van der Waals surface area contributed by atoms with Gasteiger partial charge in [-0.1, -0.05) is 12.1 Å². The van der Waals surface area contributed by atoms with Crippen LogP contribution in [0.25, 0.3) is 0 Å². The van der Waals surface area contributed by atoms with E-state index in [4.69, 9.17) is 14.2 Å². The van der Waals surface area contributed by atoms with E-state index in [1.165, 1.54) is 24.8 Å². The van der Waals surface area contributed by atoms with Gasteiger partial charge in [-0.25, -0.2) is 0 Å². The third kappa shape index (κ3) is 8.67. The molecule has 1 atom stereocenters. The second-order valence-electron chi connectivity index (χ2n) is 8.51. The zero-order chi connectivity index (χ0) is 21.7. The van der Waals surface area contributed by atoms with Crippen molar-refractivity contribution < 1.29 is 14.2 Å². The first-order valence-electron chi connectivity index (χ1n) is 11.8. The summed E-state index contributed by atoms with van der Waals surface area (Å²) in [6.45, 7) is 7.53. The number of hydrogen-bond donors (Lipinski definition) is 2. The SMILES string of the molecule is CN=C(NCCCOCC1CCCO1)NCC1CCN(Cc2ccc(OC)cc2)CC1. The Balaban J connectivity index is 1.23. The van der Waals surface area contributed by atoms with Crippen LogP contribution in [0.5, 0.6) is 5.75 Å². The second kappa shape index (κ2) is 13.6. The summed E-state index contributed by atoms with van der Waals surface area (Å²) in [5, 5.41) is 6.89. The van der Waals surface area contributed by atoms with Crippen LogP contribution in [0.1, 0.15) is 37.7 Å². The Morgan fingerprint density at radius 3 is 2.65 bits per heavy atom. The van der Waals surface area contributed by atoms with Gasteiger partial charge in [0.1, 0.15) is 5.75 Å².